The summed E-state index contributed by atoms with van der Waals surface area (Å²) < 4.78 is 6.62. The largest absolute Gasteiger partial charge is 0.477 e. The quantitative estimate of drug-likeness (QED) is 0.876. The topological polar surface area (TPSA) is 63.2 Å². The van der Waals surface area contributed by atoms with Gasteiger partial charge in [0.05, 0.1) is 17.9 Å². The van der Waals surface area contributed by atoms with E-state index in [-0.39, 0.29) is 5.91 Å². The highest BCUT2D eigenvalue weighted by atomic mass is 79.9. The summed E-state index contributed by atoms with van der Waals surface area (Å²) in [7, 11) is 0. The third-order valence-electron chi connectivity index (χ3n) is 3.20. The van der Waals surface area contributed by atoms with E-state index in [1.54, 1.807) is 6.07 Å². The van der Waals surface area contributed by atoms with E-state index in [0.29, 0.717) is 18.1 Å². The molecule has 108 valence electrons. The van der Waals surface area contributed by atoms with Gasteiger partial charge in [0.1, 0.15) is 11.6 Å². The molecule has 1 aromatic heterocycles. The number of carbonyl (C=O) groups excluding carboxylic acids is 1. The van der Waals surface area contributed by atoms with Crippen LogP contribution in [0.2, 0.25) is 0 Å². The number of ether oxygens (including phenoxy) is 1. The third-order valence-corrected chi connectivity index (χ3v) is 4.04. The number of anilines is 2. The lowest BCUT2D eigenvalue weighted by molar-refractivity contribution is -0.122. The van der Waals surface area contributed by atoms with Crippen molar-refractivity contribution in [3.8, 4) is 5.75 Å². The maximum absolute atomic E-state index is 12.2. The summed E-state index contributed by atoms with van der Waals surface area (Å²) in [4.78, 5) is 16.5. The Morgan fingerprint density at radius 1 is 1.38 bits per heavy atom. The number of aromatic nitrogens is 1. The molecule has 1 atom stereocenters. The second-order valence-electron chi connectivity index (χ2n) is 4.74. The van der Waals surface area contributed by atoms with Gasteiger partial charge in [-0.3, -0.25) is 4.79 Å². The molecule has 1 aromatic carbocycles. The number of fused-ring (bicyclic) bond motifs is 1. The standard InChI is InChI=1S/C15H14BrN3O2/c1-9-10(16)6-7-14(18-9)19-15(20)13-8-17-11-4-2-3-5-12(11)21-13/h2-7,13,17H,8H2,1H3,(H,18,19,20). The highest BCUT2D eigenvalue weighted by molar-refractivity contribution is 9.10. The number of hydrogen-bond acceptors (Lipinski definition) is 4. The summed E-state index contributed by atoms with van der Waals surface area (Å²) in [6, 6.07) is 11.2. The number of benzene rings is 1. The monoisotopic (exact) mass is 347 g/mol. The maximum atomic E-state index is 12.2. The average Bonchev–Trinajstić information content (AvgIpc) is 2.50. The number of carbonyl (C=O) groups is 1. The van der Waals surface area contributed by atoms with E-state index in [9.17, 15) is 4.79 Å². The Morgan fingerprint density at radius 3 is 3.00 bits per heavy atom. The zero-order valence-electron chi connectivity index (χ0n) is 11.4. The Morgan fingerprint density at radius 2 is 2.19 bits per heavy atom. The van der Waals surface area contributed by atoms with Crippen LogP contribution in [0.1, 0.15) is 5.69 Å². The normalized spacial score (nSPS) is 16.4. The summed E-state index contributed by atoms with van der Waals surface area (Å²) in [6.45, 7) is 2.30. The summed E-state index contributed by atoms with van der Waals surface area (Å²) in [5.74, 6) is 0.984. The summed E-state index contributed by atoms with van der Waals surface area (Å²) in [5, 5.41) is 5.96. The number of pyridine rings is 1. The molecule has 0 radical (unpaired) electrons. The highest BCUT2D eigenvalue weighted by Crippen LogP contribution is 2.28. The van der Waals surface area contributed by atoms with Gasteiger partial charge in [-0.15, -0.1) is 0 Å². The lowest BCUT2D eigenvalue weighted by atomic mass is 10.2. The Labute approximate surface area is 130 Å². The number of halogens is 1. The van der Waals surface area contributed by atoms with E-state index in [2.05, 4.69) is 31.5 Å². The zero-order valence-corrected chi connectivity index (χ0v) is 13.0. The fourth-order valence-corrected chi connectivity index (χ4v) is 2.30. The van der Waals surface area contributed by atoms with E-state index in [0.717, 1.165) is 15.9 Å². The van der Waals surface area contributed by atoms with Gasteiger partial charge in [0, 0.05) is 4.47 Å². The molecule has 0 bridgehead atoms. The average molecular weight is 348 g/mol. The first-order valence-electron chi connectivity index (χ1n) is 6.57. The first kappa shape index (κ1) is 13.9. The molecule has 6 heteroatoms. The van der Waals surface area contributed by atoms with Crippen LogP contribution < -0.4 is 15.4 Å². The van der Waals surface area contributed by atoms with Gasteiger partial charge in [0.2, 0.25) is 0 Å². The van der Waals surface area contributed by atoms with Crippen LogP contribution in [0.4, 0.5) is 11.5 Å². The van der Waals surface area contributed by atoms with E-state index < -0.39 is 6.10 Å². The van der Waals surface area contributed by atoms with Crippen molar-refractivity contribution in [2.75, 3.05) is 17.2 Å². The predicted molar refractivity (Wildman–Crippen MR) is 84.7 cm³/mol. The smallest absolute Gasteiger partial charge is 0.268 e. The van der Waals surface area contributed by atoms with Crippen LogP contribution in [0.25, 0.3) is 0 Å². The van der Waals surface area contributed by atoms with Crippen molar-refractivity contribution in [1.82, 2.24) is 4.98 Å². The van der Waals surface area contributed by atoms with Gasteiger partial charge in [-0.1, -0.05) is 12.1 Å². The summed E-state index contributed by atoms with van der Waals surface area (Å²) in [5.41, 5.74) is 1.72. The first-order chi connectivity index (χ1) is 10.1. The molecule has 0 saturated carbocycles. The molecule has 1 aliphatic heterocycles. The van der Waals surface area contributed by atoms with E-state index >= 15 is 0 Å². The van der Waals surface area contributed by atoms with Crippen molar-refractivity contribution in [3.05, 3.63) is 46.6 Å². The van der Waals surface area contributed by atoms with Gasteiger partial charge < -0.3 is 15.4 Å². The number of rotatable bonds is 2. The van der Waals surface area contributed by atoms with Crippen LogP contribution in [-0.4, -0.2) is 23.5 Å². The second-order valence-corrected chi connectivity index (χ2v) is 5.59. The number of nitrogens with zero attached hydrogens (tertiary/aromatic N) is 1. The highest BCUT2D eigenvalue weighted by Gasteiger charge is 2.25. The molecular formula is C15H14BrN3O2. The Kier molecular flexibility index (Phi) is 3.79. The van der Waals surface area contributed by atoms with E-state index in [4.69, 9.17) is 4.74 Å². The van der Waals surface area contributed by atoms with Crippen LogP contribution >= 0.6 is 15.9 Å². The SMILES string of the molecule is Cc1nc(NC(=O)C2CNc3ccccc3O2)ccc1Br. The Balaban J connectivity index is 1.70. The molecule has 2 aromatic rings. The fraction of sp³-hybridized carbons (Fsp3) is 0.200. The van der Waals surface area contributed by atoms with Crippen molar-refractivity contribution in [3.63, 3.8) is 0 Å². The fourth-order valence-electron chi connectivity index (χ4n) is 2.08. The van der Waals surface area contributed by atoms with E-state index in [1.165, 1.54) is 0 Å². The van der Waals surface area contributed by atoms with Crippen LogP contribution in [0, 0.1) is 6.92 Å². The lowest BCUT2D eigenvalue weighted by Gasteiger charge is -2.26. The molecular weight excluding hydrogens is 334 g/mol. The molecule has 0 saturated heterocycles. The first-order valence-corrected chi connectivity index (χ1v) is 7.36. The number of nitrogens with one attached hydrogen (secondary N) is 2. The lowest BCUT2D eigenvalue weighted by Crippen LogP contribution is -2.41. The predicted octanol–water partition coefficient (Wildman–Crippen LogP) is 2.96. The molecule has 1 unspecified atom stereocenters. The minimum Gasteiger partial charge on any atom is -0.477 e. The molecule has 0 fully saturated rings. The molecule has 2 N–H and O–H groups in total. The van der Waals surface area contributed by atoms with Gasteiger partial charge in [-0.2, -0.15) is 0 Å². The number of para-hydroxylation sites is 2. The number of aryl methyl sites for hydroxylation is 1. The minimum absolute atomic E-state index is 0.216. The molecule has 3 rings (SSSR count). The third kappa shape index (κ3) is 3.00. The molecule has 1 amide bonds. The van der Waals surface area contributed by atoms with Gasteiger partial charge in [0.25, 0.3) is 5.91 Å². The summed E-state index contributed by atoms with van der Waals surface area (Å²) in [6.07, 6.45) is -0.578. The van der Waals surface area contributed by atoms with Crippen molar-refractivity contribution >= 4 is 33.3 Å². The zero-order chi connectivity index (χ0) is 14.8. The molecule has 0 spiro atoms. The van der Waals surface area contributed by atoms with E-state index in [1.807, 2.05) is 37.3 Å². The molecule has 21 heavy (non-hydrogen) atoms. The van der Waals surface area contributed by atoms with Crippen LogP contribution in [0.15, 0.2) is 40.9 Å². The Bertz CT molecular complexity index is 690. The van der Waals surface area contributed by atoms with Gasteiger partial charge >= 0.3 is 0 Å². The van der Waals surface area contributed by atoms with Gasteiger partial charge in [-0.05, 0) is 47.1 Å². The van der Waals surface area contributed by atoms with Crippen molar-refractivity contribution in [2.45, 2.75) is 13.0 Å². The van der Waals surface area contributed by atoms with Crippen LogP contribution in [-0.2, 0) is 4.79 Å². The molecule has 0 aliphatic carbocycles. The van der Waals surface area contributed by atoms with Crippen molar-refractivity contribution in [2.24, 2.45) is 0 Å². The molecule has 2 heterocycles. The second kappa shape index (κ2) is 5.73. The van der Waals surface area contributed by atoms with Gasteiger partial charge in [0.15, 0.2) is 6.10 Å². The van der Waals surface area contributed by atoms with Crippen molar-refractivity contribution < 1.29 is 9.53 Å². The molecule has 1 aliphatic rings. The number of amides is 1. The minimum atomic E-state index is -0.578. The molecule has 5 nitrogen and oxygen atoms in total. The maximum Gasteiger partial charge on any atom is 0.268 e. The Hall–Kier alpha value is -2.08. The van der Waals surface area contributed by atoms with Crippen LogP contribution in [0.5, 0.6) is 5.75 Å². The van der Waals surface area contributed by atoms with Crippen molar-refractivity contribution in [1.29, 1.82) is 0 Å². The van der Waals surface area contributed by atoms with Gasteiger partial charge in [-0.25, -0.2) is 4.98 Å². The van der Waals surface area contributed by atoms with Crippen LogP contribution in [0.3, 0.4) is 0 Å². The number of hydrogen-bond donors (Lipinski definition) is 2. The summed E-state index contributed by atoms with van der Waals surface area (Å²) >= 11 is 3.38.